The highest BCUT2D eigenvalue weighted by atomic mass is 19.4. The van der Waals surface area contributed by atoms with E-state index in [2.05, 4.69) is 14.8 Å². The number of benzene rings is 1. The van der Waals surface area contributed by atoms with Gasteiger partial charge < -0.3 is 14.8 Å². The van der Waals surface area contributed by atoms with Crippen LogP contribution in [0.3, 0.4) is 0 Å². The number of hydrogen-bond donors (Lipinski definition) is 1. The van der Waals surface area contributed by atoms with Gasteiger partial charge in [0.2, 0.25) is 0 Å². The predicted molar refractivity (Wildman–Crippen MR) is 67.4 cm³/mol. The Labute approximate surface area is 114 Å². The van der Waals surface area contributed by atoms with Crippen LogP contribution in [0, 0.1) is 0 Å². The van der Waals surface area contributed by atoms with Crippen molar-refractivity contribution < 1.29 is 27.4 Å². The third kappa shape index (κ3) is 5.64. The first-order valence-corrected chi connectivity index (χ1v) is 5.66. The molecule has 0 aliphatic rings. The summed E-state index contributed by atoms with van der Waals surface area (Å²) in [4.78, 5) is 11.1. The highest BCUT2D eigenvalue weighted by molar-refractivity contribution is 5.87. The number of ether oxygens (including phenoxy) is 2. The fraction of sp³-hybridized carbons (Fsp3) is 0.308. The van der Waals surface area contributed by atoms with E-state index < -0.39 is 12.3 Å². The van der Waals surface area contributed by atoms with E-state index in [0.29, 0.717) is 17.8 Å². The van der Waals surface area contributed by atoms with Crippen LogP contribution in [0.15, 0.2) is 35.9 Å². The molecule has 0 atom stereocenters. The molecule has 0 bridgehead atoms. The maximum Gasteiger partial charge on any atom is 0.573 e. The third-order valence-electron chi connectivity index (χ3n) is 2.31. The molecule has 0 aliphatic carbocycles. The lowest BCUT2D eigenvalue weighted by molar-refractivity contribution is -0.274. The number of esters is 1. The van der Waals surface area contributed by atoms with E-state index in [0.717, 1.165) is 0 Å². The average molecular weight is 289 g/mol. The van der Waals surface area contributed by atoms with E-state index in [-0.39, 0.29) is 5.75 Å². The SMILES string of the molecule is COC(=O)/C(C)=C/CNc1ccc(OC(F)(F)F)cc1. The average Bonchev–Trinajstić information content (AvgIpc) is 2.38. The molecule has 0 radical (unpaired) electrons. The second-order valence-electron chi connectivity index (χ2n) is 3.83. The first kappa shape index (κ1) is 15.9. The lowest BCUT2D eigenvalue weighted by Gasteiger charge is -2.09. The summed E-state index contributed by atoms with van der Waals surface area (Å²) in [7, 11) is 1.28. The summed E-state index contributed by atoms with van der Waals surface area (Å²) in [6, 6.07) is 5.30. The molecular formula is C13H14F3NO3. The number of carbonyl (C=O) groups is 1. The Hall–Kier alpha value is -2.18. The Balaban J connectivity index is 2.52. The molecule has 4 nitrogen and oxygen atoms in total. The molecular weight excluding hydrogens is 275 g/mol. The molecule has 0 unspecified atom stereocenters. The molecule has 0 fully saturated rings. The van der Waals surface area contributed by atoms with Crippen molar-refractivity contribution >= 4 is 11.7 Å². The van der Waals surface area contributed by atoms with Crippen LogP contribution >= 0.6 is 0 Å². The van der Waals surface area contributed by atoms with Crippen LogP contribution in [0.4, 0.5) is 18.9 Å². The molecule has 0 saturated heterocycles. The minimum atomic E-state index is -4.70. The summed E-state index contributed by atoms with van der Waals surface area (Å²) in [5, 5.41) is 2.92. The molecule has 0 heterocycles. The standard InChI is InChI=1S/C13H14F3NO3/c1-9(12(18)19-2)7-8-17-10-3-5-11(6-4-10)20-13(14,15)16/h3-7,17H,8H2,1-2H3/b9-7+. The van der Waals surface area contributed by atoms with Gasteiger partial charge in [-0.15, -0.1) is 13.2 Å². The molecule has 0 amide bonds. The Morgan fingerprint density at radius 1 is 1.30 bits per heavy atom. The molecule has 1 aromatic carbocycles. The van der Waals surface area contributed by atoms with Crippen LogP contribution in [0.25, 0.3) is 0 Å². The van der Waals surface area contributed by atoms with Gasteiger partial charge in [-0.05, 0) is 31.2 Å². The van der Waals surface area contributed by atoms with E-state index in [9.17, 15) is 18.0 Å². The van der Waals surface area contributed by atoms with Gasteiger partial charge in [-0.1, -0.05) is 6.08 Å². The Kier molecular flexibility index (Phi) is 5.42. The van der Waals surface area contributed by atoms with Crippen LogP contribution in [0.1, 0.15) is 6.92 Å². The fourth-order valence-electron chi connectivity index (χ4n) is 1.34. The zero-order chi connectivity index (χ0) is 15.2. The van der Waals surface area contributed by atoms with Gasteiger partial charge in [0.1, 0.15) is 5.75 Å². The molecule has 1 rings (SSSR count). The summed E-state index contributed by atoms with van der Waals surface area (Å²) >= 11 is 0. The minimum Gasteiger partial charge on any atom is -0.466 e. The number of hydrogen-bond acceptors (Lipinski definition) is 4. The molecule has 0 aromatic heterocycles. The smallest absolute Gasteiger partial charge is 0.466 e. The number of methoxy groups -OCH3 is 1. The summed E-state index contributed by atoms with van der Waals surface area (Å²) in [5.41, 5.74) is 1.05. The van der Waals surface area contributed by atoms with Crippen LogP contribution < -0.4 is 10.1 Å². The second kappa shape index (κ2) is 6.83. The van der Waals surface area contributed by atoms with Crippen molar-refractivity contribution in [1.82, 2.24) is 0 Å². The van der Waals surface area contributed by atoms with Crippen molar-refractivity contribution in [2.75, 3.05) is 19.0 Å². The molecule has 0 spiro atoms. The van der Waals surface area contributed by atoms with Crippen molar-refractivity contribution in [2.24, 2.45) is 0 Å². The van der Waals surface area contributed by atoms with Gasteiger partial charge in [-0.2, -0.15) is 0 Å². The lowest BCUT2D eigenvalue weighted by Crippen LogP contribution is -2.17. The number of alkyl halides is 3. The molecule has 0 saturated carbocycles. The van der Waals surface area contributed by atoms with Crippen LogP contribution in [0.2, 0.25) is 0 Å². The molecule has 1 N–H and O–H groups in total. The van der Waals surface area contributed by atoms with E-state index in [1.807, 2.05) is 0 Å². The summed E-state index contributed by atoms with van der Waals surface area (Å²) in [6.45, 7) is 1.95. The lowest BCUT2D eigenvalue weighted by atomic mass is 10.2. The van der Waals surface area contributed by atoms with Crippen LogP contribution in [-0.2, 0) is 9.53 Å². The van der Waals surface area contributed by atoms with Crippen molar-refractivity contribution in [3.8, 4) is 5.75 Å². The number of nitrogens with one attached hydrogen (secondary N) is 1. The topological polar surface area (TPSA) is 47.6 Å². The fourth-order valence-corrected chi connectivity index (χ4v) is 1.34. The van der Waals surface area contributed by atoms with E-state index >= 15 is 0 Å². The summed E-state index contributed by atoms with van der Waals surface area (Å²) in [5.74, 6) is -0.718. The molecule has 1 aromatic rings. The molecule has 7 heteroatoms. The van der Waals surface area contributed by atoms with E-state index in [4.69, 9.17) is 0 Å². The first-order chi connectivity index (χ1) is 9.31. The van der Waals surface area contributed by atoms with Gasteiger partial charge in [-0.25, -0.2) is 4.79 Å². The van der Waals surface area contributed by atoms with Gasteiger partial charge in [-0.3, -0.25) is 0 Å². The number of carbonyl (C=O) groups excluding carboxylic acids is 1. The van der Waals surface area contributed by atoms with Gasteiger partial charge in [0.05, 0.1) is 7.11 Å². The van der Waals surface area contributed by atoms with Gasteiger partial charge in [0, 0.05) is 17.8 Å². The Bertz CT molecular complexity index is 481. The summed E-state index contributed by atoms with van der Waals surface area (Å²) in [6.07, 6.45) is -3.08. The van der Waals surface area contributed by atoms with Crippen LogP contribution in [-0.4, -0.2) is 26.0 Å². The van der Waals surface area contributed by atoms with E-state index in [1.54, 1.807) is 13.0 Å². The van der Waals surface area contributed by atoms with Gasteiger partial charge in [0.25, 0.3) is 0 Å². The number of halogens is 3. The number of anilines is 1. The molecule has 20 heavy (non-hydrogen) atoms. The van der Waals surface area contributed by atoms with Crippen LogP contribution in [0.5, 0.6) is 5.75 Å². The third-order valence-corrected chi connectivity index (χ3v) is 2.31. The number of rotatable bonds is 5. The first-order valence-electron chi connectivity index (χ1n) is 5.66. The van der Waals surface area contributed by atoms with Crippen molar-refractivity contribution in [1.29, 1.82) is 0 Å². The minimum absolute atomic E-state index is 0.288. The summed E-state index contributed by atoms with van der Waals surface area (Å²) < 4.78 is 44.1. The zero-order valence-electron chi connectivity index (χ0n) is 11.0. The second-order valence-corrected chi connectivity index (χ2v) is 3.83. The highest BCUT2D eigenvalue weighted by Gasteiger charge is 2.30. The largest absolute Gasteiger partial charge is 0.573 e. The normalized spacial score (nSPS) is 11.9. The molecule has 0 aliphatic heterocycles. The highest BCUT2D eigenvalue weighted by Crippen LogP contribution is 2.23. The quantitative estimate of drug-likeness (QED) is 0.668. The maximum absolute atomic E-state index is 12.0. The van der Waals surface area contributed by atoms with Gasteiger partial charge in [0.15, 0.2) is 0 Å². The van der Waals surface area contributed by atoms with Gasteiger partial charge >= 0.3 is 12.3 Å². The predicted octanol–water partition coefficient (Wildman–Crippen LogP) is 3.12. The maximum atomic E-state index is 12.0. The molecule has 110 valence electrons. The Morgan fingerprint density at radius 3 is 2.40 bits per heavy atom. The van der Waals surface area contributed by atoms with Crippen molar-refractivity contribution in [3.05, 3.63) is 35.9 Å². The van der Waals surface area contributed by atoms with Crippen molar-refractivity contribution in [2.45, 2.75) is 13.3 Å². The Morgan fingerprint density at radius 2 is 1.90 bits per heavy atom. The monoisotopic (exact) mass is 289 g/mol. The van der Waals surface area contributed by atoms with E-state index in [1.165, 1.54) is 31.4 Å². The van der Waals surface area contributed by atoms with Crippen molar-refractivity contribution in [3.63, 3.8) is 0 Å². The zero-order valence-corrected chi connectivity index (χ0v) is 11.0.